The van der Waals surface area contributed by atoms with E-state index in [0.29, 0.717) is 17.5 Å². The molecule has 1 aliphatic heterocycles. The third-order valence-electron chi connectivity index (χ3n) is 6.21. The summed E-state index contributed by atoms with van der Waals surface area (Å²) in [4.78, 5) is 22.5. The number of rotatable bonds is 5. The van der Waals surface area contributed by atoms with Gasteiger partial charge in [0, 0.05) is 57.2 Å². The molecule has 2 aromatic heterocycles. The summed E-state index contributed by atoms with van der Waals surface area (Å²) in [5.74, 6) is 0.242. The second kappa shape index (κ2) is 7.37. The molecule has 0 spiro atoms. The zero-order chi connectivity index (χ0) is 18.9. The normalized spacial score (nSPS) is 28.0. The number of amides is 1. The number of piperidine rings is 1. The number of pyridine rings is 2. The first kappa shape index (κ1) is 18.1. The summed E-state index contributed by atoms with van der Waals surface area (Å²) in [6, 6.07) is 7.93. The first-order chi connectivity index (χ1) is 13.1. The molecule has 27 heavy (non-hydrogen) atoms. The average Bonchev–Trinajstić information content (AvgIpc) is 2.68. The van der Waals surface area contributed by atoms with Crippen LogP contribution in [0.4, 0.5) is 0 Å². The highest BCUT2D eigenvalue weighted by Crippen LogP contribution is 2.51. The molecule has 1 amide bonds. The van der Waals surface area contributed by atoms with E-state index in [0.717, 1.165) is 38.0 Å². The molecule has 0 aromatic carbocycles. The molecule has 1 saturated heterocycles. The Morgan fingerprint density at radius 3 is 2.70 bits per heavy atom. The highest BCUT2D eigenvalue weighted by atomic mass is 16.5. The number of aromatic nitrogens is 2. The van der Waals surface area contributed by atoms with Gasteiger partial charge in [-0.3, -0.25) is 19.7 Å². The predicted octanol–water partition coefficient (Wildman–Crippen LogP) is 2.35. The van der Waals surface area contributed by atoms with Crippen molar-refractivity contribution >= 4 is 5.91 Å². The fraction of sp³-hybridized carbons (Fsp3) is 0.476. The lowest BCUT2D eigenvalue weighted by atomic mass is 9.62. The molecule has 2 aromatic rings. The summed E-state index contributed by atoms with van der Waals surface area (Å²) >= 11 is 0. The zero-order valence-electron chi connectivity index (χ0n) is 15.7. The molecular weight excluding hydrogens is 340 g/mol. The maximum absolute atomic E-state index is 11.6. The molecule has 2 N–H and O–H groups in total. The summed E-state index contributed by atoms with van der Waals surface area (Å²) in [5, 5.41) is 0. The van der Waals surface area contributed by atoms with Gasteiger partial charge in [-0.25, -0.2) is 0 Å². The molecule has 142 valence electrons. The molecule has 3 atom stereocenters. The van der Waals surface area contributed by atoms with Crippen molar-refractivity contribution in [2.24, 2.45) is 17.6 Å². The number of likely N-dealkylation sites (tertiary alicyclic amines) is 1. The van der Waals surface area contributed by atoms with Gasteiger partial charge in [-0.15, -0.1) is 0 Å². The van der Waals surface area contributed by atoms with Gasteiger partial charge in [0.2, 0.25) is 0 Å². The van der Waals surface area contributed by atoms with E-state index in [-0.39, 0.29) is 5.60 Å². The van der Waals surface area contributed by atoms with Crippen LogP contribution in [0, 0.1) is 11.8 Å². The van der Waals surface area contributed by atoms with Crippen LogP contribution in [0.5, 0.6) is 0 Å². The largest absolute Gasteiger partial charge is 0.373 e. The molecule has 1 saturated carbocycles. The zero-order valence-corrected chi connectivity index (χ0v) is 15.7. The SMILES string of the molecule is CO[C@@]1(c2ccnc(C(N)=O)c2)[C@@H]2CCC[C@H]1CN(Cc1cccnc1)C2. The Bertz CT molecular complexity index is 797. The molecule has 6 nitrogen and oxygen atoms in total. The van der Waals surface area contributed by atoms with Gasteiger partial charge in [0.25, 0.3) is 5.91 Å². The topological polar surface area (TPSA) is 81.3 Å². The molecule has 3 heterocycles. The Hall–Kier alpha value is -2.31. The maximum atomic E-state index is 11.6. The smallest absolute Gasteiger partial charge is 0.267 e. The minimum atomic E-state index is -0.498. The summed E-state index contributed by atoms with van der Waals surface area (Å²) in [6.45, 7) is 2.84. The number of carbonyl (C=O) groups excluding carboxylic acids is 1. The van der Waals surface area contributed by atoms with Gasteiger partial charge in [-0.1, -0.05) is 12.5 Å². The van der Waals surface area contributed by atoms with E-state index in [9.17, 15) is 4.79 Å². The van der Waals surface area contributed by atoms with Crippen molar-refractivity contribution in [3.05, 3.63) is 59.7 Å². The summed E-state index contributed by atoms with van der Waals surface area (Å²) in [6.07, 6.45) is 8.87. The van der Waals surface area contributed by atoms with Crippen LogP contribution >= 0.6 is 0 Å². The predicted molar refractivity (Wildman–Crippen MR) is 102 cm³/mol. The van der Waals surface area contributed by atoms with E-state index in [4.69, 9.17) is 10.5 Å². The van der Waals surface area contributed by atoms with Crippen LogP contribution in [0.25, 0.3) is 0 Å². The lowest BCUT2D eigenvalue weighted by Gasteiger charge is -2.55. The van der Waals surface area contributed by atoms with Crippen LogP contribution in [-0.2, 0) is 16.9 Å². The van der Waals surface area contributed by atoms with Crippen molar-refractivity contribution < 1.29 is 9.53 Å². The second-order valence-electron chi connectivity index (χ2n) is 7.67. The van der Waals surface area contributed by atoms with Crippen LogP contribution in [0.1, 0.15) is 40.9 Å². The number of ether oxygens (including phenoxy) is 1. The first-order valence-electron chi connectivity index (χ1n) is 9.56. The lowest BCUT2D eigenvalue weighted by Crippen LogP contribution is -2.58. The fourth-order valence-electron chi connectivity index (χ4n) is 5.13. The molecule has 1 aliphatic carbocycles. The van der Waals surface area contributed by atoms with E-state index in [1.54, 1.807) is 13.3 Å². The Labute approximate surface area is 159 Å². The van der Waals surface area contributed by atoms with Crippen molar-refractivity contribution in [3.8, 4) is 0 Å². The summed E-state index contributed by atoms with van der Waals surface area (Å²) < 4.78 is 6.25. The molecule has 0 unspecified atom stereocenters. The lowest BCUT2D eigenvalue weighted by molar-refractivity contribution is -0.170. The van der Waals surface area contributed by atoms with Gasteiger partial charge in [0.15, 0.2) is 0 Å². The fourth-order valence-corrected chi connectivity index (χ4v) is 5.13. The van der Waals surface area contributed by atoms with Crippen molar-refractivity contribution in [3.63, 3.8) is 0 Å². The Morgan fingerprint density at radius 1 is 1.30 bits per heavy atom. The van der Waals surface area contributed by atoms with Gasteiger partial charge in [0.1, 0.15) is 11.3 Å². The third kappa shape index (κ3) is 3.24. The van der Waals surface area contributed by atoms with Gasteiger partial charge >= 0.3 is 0 Å². The second-order valence-corrected chi connectivity index (χ2v) is 7.67. The highest BCUT2D eigenvalue weighted by molar-refractivity contribution is 5.90. The molecule has 0 radical (unpaired) electrons. The van der Waals surface area contributed by atoms with Crippen molar-refractivity contribution in [2.75, 3.05) is 20.2 Å². The third-order valence-corrected chi connectivity index (χ3v) is 6.21. The van der Waals surface area contributed by atoms with Crippen LogP contribution in [-0.4, -0.2) is 41.0 Å². The average molecular weight is 366 g/mol. The highest BCUT2D eigenvalue weighted by Gasteiger charge is 2.53. The van der Waals surface area contributed by atoms with Crippen molar-refractivity contribution in [1.82, 2.24) is 14.9 Å². The number of carbonyl (C=O) groups is 1. The van der Waals surface area contributed by atoms with E-state index in [1.165, 1.54) is 12.0 Å². The van der Waals surface area contributed by atoms with E-state index >= 15 is 0 Å². The quantitative estimate of drug-likeness (QED) is 0.878. The Kier molecular flexibility index (Phi) is 4.93. The van der Waals surface area contributed by atoms with Crippen molar-refractivity contribution in [2.45, 2.75) is 31.4 Å². The van der Waals surface area contributed by atoms with E-state index in [2.05, 4.69) is 20.9 Å². The summed E-state index contributed by atoms with van der Waals surface area (Å²) in [5.41, 5.74) is 7.66. The van der Waals surface area contributed by atoms with Gasteiger partial charge < -0.3 is 10.5 Å². The monoisotopic (exact) mass is 366 g/mol. The molecule has 4 rings (SSSR count). The standard InChI is InChI=1S/C21H26N4O2/c1-27-21(16-7-9-24-19(10-16)20(22)26)17-5-2-6-18(21)14-25(13-17)12-15-4-3-8-23-11-15/h3-4,7-11,17-18H,2,5-6,12-14H2,1H3,(H2,22,26)/t17-,18+,21+. The number of methoxy groups -OCH3 is 1. The first-order valence-corrected chi connectivity index (χ1v) is 9.56. The minimum absolute atomic E-state index is 0.305. The number of nitrogens with zero attached hydrogens (tertiary/aromatic N) is 3. The van der Waals surface area contributed by atoms with Crippen LogP contribution in [0.3, 0.4) is 0 Å². The number of fused-ring (bicyclic) bond motifs is 2. The Morgan fingerprint density at radius 2 is 2.07 bits per heavy atom. The van der Waals surface area contributed by atoms with Crippen molar-refractivity contribution in [1.29, 1.82) is 0 Å². The van der Waals surface area contributed by atoms with E-state index in [1.807, 2.05) is 30.6 Å². The number of primary amides is 1. The van der Waals surface area contributed by atoms with Crippen LogP contribution in [0.15, 0.2) is 42.9 Å². The summed E-state index contributed by atoms with van der Waals surface area (Å²) in [7, 11) is 1.80. The Balaban J connectivity index is 1.64. The van der Waals surface area contributed by atoms with E-state index < -0.39 is 5.91 Å². The van der Waals surface area contributed by atoms with Crippen LogP contribution < -0.4 is 5.73 Å². The molecule has 2 fully saturated rings. The number of nitrogens with two attached hydrogens (primary N) is 1. The van der Waals surface area contributed by atoms with Gasteiger partial charge in [-0.05, 0) is 42.2 Å². The maximum Gasteiger partial charge on any atom is 0.267 e. The molecule has 6 heteroatoms. The molecule has 2 aliphatic rings. The molecule has 2 bridgehead atoms. The van der Waals surface area contributed by atoms with Gasteiger partial charge in [0.05, 0.1) is 0 Å². The number of hydrogen-bond donors (Lipinski definition) is 1. The minimum Gasteiger partial charge on any atom is -0.373 e. The number of hydrogen-bond acceptors (Lipinski definition) is 5. The van der Waals surface area contributed by atoms with Gasteiger partial charge in [-0.2, -0.15) is 0 Å². The van der Waals surface area contributed by atoms with Crippen LogP contribution in [0.2, 0.25) is 0 Å². The molecular formula is C21H26N4O2.